The van der Waals surface area contributed by atoms with Crippen LogP contribution in [0.1, 0.15) is 73.1 Å². The maximum Gasteiger partial charge on any atom is 0.332 e. The number of rotatable bonds is 21. The number of aliphatic carboxylic acids is 8. The molecular formula is C44H96N4O25. The van der Waals surface area contributed by atoms with Crippen molar-refractivity contribution in [2.45, 2.75) is 103 Å². The molecular weight excluding hydrogens is 984 g/mol. The van der Waals surface area contributed by atoms with Gasteiger partial charge in [0.05, 0.1) is 117 Å². The van der Waals surface area contributed by atoms with E-state index < -0.39 is 90.6 Å². The molecule has 442 valence electrons. The van der Waals surface area contributed by atoms with Crippen molar-refractivity contribution < 1.29 is 143 Å². The second kappa shape index (κ2) is 52.1. The number of carbonyl (C=O) groups excluding carboxylic acids is 4. The van der Waals surface area contributed by atoms with Crippen LogP contribution in [0.2, 0.25) is 0 Å². The van der Waals surface area contributed by atoms with Crippen molar-refractivity contribution in [3.63, 3.8) is 0 Å². The highest BCUT2D eigenvalue weighted by Crippen LogP contribution is 2.13. The first-order chi connectivity index (χ1) is 32.5. The van der Waals surface area contributed by atoms with Crippen LogP contribution < -0.4 is 20.4 Å². The molecule has 0 amide bonds. The minimum atomic E-state index is -2.97. The Hall–Kier alpha value is -4.76. The van der Waals surface area contributed by atoms with Gasteiger partial charge in [0.1, 0.15) is 31.8 Å². The number of hydrogen-bond donors (Lipinski definition) is 13. The number of likely N-dealkylation sites (N-methyl/N-ethyl adjacent to an activating group) is 4. The summed E-state index contributed by atoms with van der Waals surface area (Å²) >= 11 is 0. The third-order valence-corrected chi connectivity index (χ3v) is 7.02. The minimum Gasteiger partial charge on any atom is -0.550 e. The van der Waals surface area contributed by atoms with E-state index in [0.717, 1.165) is 51.0 Å². The summed E-state index contributed by atoms with van der Waals surface area (Å²) in [6.45, 7) is 11.9. The lowest BCUT2D eigenvalue weighted by molar-refractivity contribution is -0.870. The van der Waals surface area contributed by atoms with Crippen molar-refractivity contribution in [2.75, 3.05) is 137 Å². The first-order valence-corrected chi connectivity index (χ1v) is 22.3. The molecule has 0 bridgehead atoms. The Bertz CT molecular complexity index is 1250. The molecule has 29 nitrogen and oxygen atoms in total. The predicted molar refractivity (Wildman–Crippen MR) is 256 cm³/mol. The van der Waals surface area contributed by atoms with Gasteiger partial charge in [-0.1, -0.05) is 27.7 Å². The molecule has 0 radical (unpaired) electrons. The SMILES string of the molecule is CC(=O)[O-].CCC(O)C(=O)O.CCC(O)C(=O)O.CCC(O)C(=O)O.CCC(O)C(=O)O.C[N+](C)(C)CCO.C[N+](C)(C)CCO.C[N+](C)(C)CCO.C[N+](C)(C)CCO.O=C([O-])CC(O)(CC(=O)[O-])C(=O)[O-]. The smallest absolute Gasteiger partial charge is 0.332 e. The molecule has 4 atom stereocenters. The van der Waals surface area contributed by atoms with Crippen molar-refractivity contribution in [1.82, 2.24) is 0 Å². The fourth-order valence-corrected chi connectivity index (χ4v) is 2.58. The van der Waals surface area contributed by atoms with E-state index in [-0.39, 0.29) is 52.1 Å². The Balaban J connectivity index is -0.0000000764. The third-order valence-electron chi connectivity index (χ3n) is 7.02. The van der Waals surface area contributed by atoms with Crippen molar-refractivity contribution >= 4 is 47.8 Å². The highest BCUT2D eigenvalue weighted by molar-refractivity contribution is 5.86. The lowest BCUT2D eigenvalue weighted by Crippen LogP contribution is -2.54. The van der Waals surface area contributed by atoms with Gasteiger partial charge < -0.3 is 124 Å². The zero-order valence-corrected chi connectivity index (χ0v) is 46.2. The average molecular weight is 1080 g/mol. The van der Waals surface area contributed by atoms with Crippen molar-refractivity contribution in [1.29, 1.82) is 0 Å². The van der Waals surface area contributed by atoms with E-state index in [1.165, 1.54) is 0 Å². The molecule has 0 aliphatic heterocycles. The van der Waals surface area contributed by atoms with E-state index in [1.807, 2.05) is 0 Å². The molecule has 0 aromatic carbocycles. The molecule has 13 N–H and O–H groups in total. The first-order valence-electron chi connectivity index (χ1n) is 22.3. The molecule has 0 saturated heterocycles. The van der Waals surface area contributed by atoms with Crippen molar-refractivity contribution in [2.24, 2.45) is 0 Å². The van der Waals surface area contributed by atoms with Gasteiger partial charge in [0.25, 0.3) is 0 Å². The van der Waals surface area contributed by atoms with Crippen LogP contribution in [-0.2, 0) is 38.4 Å². The van der Waals surface area contributed by atoms with Crippen LogP contribution in [0, 0.1) is 0 Å². The number of quaternary nitrogens is 4. The summed E-state index contributed by atoms with van der Waals surface area (Å²) < 4.78 is 3.38. The maximum absolute atomic E-state index is 10.1. The van der Waals surface area contributed by atoms with Gasteiger partial charge in [0.15, 0.2) is 24.4 Å². The normalized spacial score (nSPS) is 12.0. The van der Waals surface area contributed by atoms with Gasteiger partial charge in [-0.3, -0.25) is 0 Å². The number of carbonyl (C=O) groups is 8. The summed E-state index contributed by atoms with van der Waals surface area (Å²) in [6, 6.07) is 0. The Labute approximate surface area is 430 Å². The molecule has 73 heavy (non-hydrogen) atoms. The standard InChI is InChI=1S/C6H8O7.4C5H14NO.4C4H8O3.C2H4O2/c7-3(8)1-6(13,5(11)12)2-4(9)10;4*1-6(2,3)4-5-7;4*1-2-3(5)4(6)7;1-2(3)4/h13H,1-2H2,(H,7,8)(H,9,10)(H,11,12);4*7H,4-5H2,1-3H3;4*3,5H,2H2,1H3,(H,6,7);1H3,(H,3,4)/q;4*+1;;;;;/p-4. The topological polar surface area (TPSA) is 492 Å². The molecule has 0 spiro atoms. The van der Waals surface area contributed by atoms with Crippen LogP contribution in [0.3, 0.4) is 0 Å². The Kier molecular flexibility index (Phi) is 64.9. The van der Waals surface area contributed by atoms with Gasteiger partial charge in [0, 0.05) is 30.7 Å². The highest BCUT2D eigenvalue weighted by Gasteiger charge is 2.29. The second-order valence-electron chi connectivity index (χ2n) is 18.9. The summed E-state index contributed by atoms with van der Waals surface area (Å²) in [5, 5.41) is 146. The molecule has 0 aliphatic carbocycles. The third kappa shape index (κ3) is 109. The summed E-state index contributed by atoms with van der Waals surface area (Å²) in [7, 11) is 24.6. The van der Waals surface area contributed by atoms with Crippen LogP contribution in [0.25, 0.3) is 0 Å². The van der Waals surface area contributed by atoms with Gasteiger partial charge in [-0.05, 0) is 32.6 Å². The van der Waals surface area contributed by atoms with Crippen LogP contribution in [0.15, 0.2) is 0 Å². The summed E-state index contributed by atoms with van der Waals surface area (Å²) in [4.78, 5) is 77.6. The van der Waals surface area contributed by atoms with E-state index >= 15 is 0 Å². The zero-order valence-electron chi connectivity index (χ0n) is 46.2. The largest absolute Gasteiger partial charge is 0.550 e. The van der Waals surface area contributed by atoms with Crippen LogP contribution in [0.5, 0.6) is 0 Å². The summed E-state index contributed by atoms with van der Waals surface area (Å²) in [6.07, 6.45) is -6.35. The molecule has 0 rings (SSSR count). The number of nitrogens with zero attached hydrogens (tertiary/aromatic N) is 4. The fourth-order valence-electron chi connectivity index (χ4n) is 2.58. The lowest BCUT2D eigenvalue weighted by atomic mass is 9.96. The Morgan fingerprint density at radius 2 is 0.534 bits per heavy atom. The molecule has 0 aromatic heterocycles. The summed E-state index contributed by atoms with van der Waals surface area (Å²) in [5.74, 6) is -11.7. The van der Waals surface area contributed by atoms with Gasteiger partial charge in [-0.15, -0.1) is 0 Å². The van der Waals surface area contributed by atoms with Gasteiger partial charge in [-0.2, -0.15) is 0 Å². The van der Waals surface area contributed by atoms with E-state index in [4.69, 9.17) is 76.3 Å². The van der Waals surface area contributed by atoms with E-state index in [2.05, 4.69) is 84.6 Å². The van der Waals surface area contributed by atoms with Gasteiger partial charge in [0.2, 0.25) is 0 Å². The molecule has 0 heterocycles. The molecule has 0 aromatic rings. The fraction of sp³-hybridized carbons (Fsp3) is 0.818. The number of aliphatic hydroxyl groups is 9. The van der Waals surface area contributed by atoms with Crippen LogP contribution >= 0.6 is 0 Å². The quantitative estimate of drug-likeness (QED) is 0.0475. The molecule has 0 saturated carbocycles. The number of hydrogen-bond acceptors (Lipinski definition) is 21. The summed E-state index contributed by atoms with van der Waals surface area (Å²) in [5.41, 5.74) is -2.97. The first kappa shape index (κ1) is 91.0. The van der Waals surface area contributed by atoms with Gasteiger partial charge >= 0.3 is 23.9 Å². The van der Waals surface area contributed by atoms with Crippen LogP contribution in [-0.4, -0.2) is 299 Å². The van der Waals surface area contributed by atoms with E-state index in [9.17, 15) is 48.9 Å². The predicted octanol–water partition coefficient (Wildman–Crippen LogP) is -8.39. The number of aliphatic hydroxyl groups excluding tert-OH is 8. The maximum atomic E-state index is 10.1. The molecule has 29 heteroatoms. The number of carboxylic acid groups (broad SMARTS) is 8. The zero-order chi connectivity index (χ0) is 61.3. The van der Waals surface area contributed by atoms with E-state index in [0.29, 0.717) is 0 Å². The molecule has 0 aliphatic rings. The van der Waals surface area contributed by atoms with Crippen molar-refractivity contribution in [3.05, 3.63) is 0 Å². The number of carboxylic acids is 8. The monoisotopic (exact) mass is 1080 g/mol. The van der Waals surface area contributed by atoms with Gasteiger partial charge in [-0.25, -0.2) is 19.2 Å². The van der Waals surface area contributed by atoms with Crippen molar-refractivity contribution in [3.8, 4) is 0 Å². The Morgan fingerprint density at radius 3 is 0.562 bits per heavy atom. The lowest BCUT2D eigenvalue weighted by Gasteiger charge is -2.29. The average Bonchev–Trinajstić information content (AvgIpc) is 3.18. The highest BCUT2D eigenvalue weighted by atomic mass is 16.4. The molecule has 4 unspecified atom stereocenters. The minimum absolute atomic E-state index is 0.273. The molecule has 0 fully saturated rings. The van der Waals surface area contributed by atoms with Crippen LogP contribution in [0.4, 0.5) is 0 Å². The second-order valence-corrected chi connectivity index (χ2v) is 18.9. The Morgan fingerprint density at radius 1 is 0.397 bits per heavy atom. The van der Waals surface area contributed by atoms with E-state index in [1.54, 1.807) is 27.7 Å².